The number of hydrazine groups is 1. The van der Waals surface area contributed by atoms with Gasteiger partial charge in [-0.05, 0) is 50.1 Å². The maximum Gasteiger partial charge on any atom is 0.142 e. The van der Waals surface area contributed by atoms with Gasteiger partial charge in [0, 0.05) is 10.7 Å². The lowest BCUT2D eigenvalue weighted by molar-refractivity contribution is 0.444. The molecule has 0 bridgehead atoms. The molecule has 0 aliphatic heterocycles. The molecule has 16 heavy (non-hydrogen) atoms. The van der Waals surface area contributed by atoms with E-state index in [1.165, 1.54) is 0 Å². The van der Waals surface area contributed by atoms with Crippen LogP contribution < -0.4 is 11.3 Å². The Hall–Kier alpha value is -0.690. The Morgan fingerprint density at radius 3 is 2.69 bits per heavy atom. The Labute approximate surface area is 109 Å². The largest absolute Gasteiger partial charge is 0.466 e. The zero-order valence-corrected chi connectivity index (χ0v) is 11.3. The highest BCUT2D eigenvalue weighted by atomic mass is 79.9. The molecule has 4 nitrogen and oxygen atoms in total. The average Bonchev–Trinajstić information content (AvgIpc) is 2.69. The van der Waals surface area contributed by atoms with Crippen LogP contribution in [-0.4, -0.2) is 4.98 Å². The van der Waals surface area contributed by atoms with E-state index < -0.39 is 0 Å². The summed E-state index contributed by atoms with van der Waals surface area (Å²) in [6.45, 7) is 0. The molecule has 0 amide bonds. The monoisotopic (exact) mass is 345 g/mol. The van der Waals surface area contributed by atoms with E-state index in [0.29, 0.717) is 5.76 Å². The molecule has 2 aromatic heterocycles. The van der Waals surface area contributed by atoms with Gasteiger partial charge in [-0.15, -0.1) is 0 Å². The second-order valence-electron chi connectivity index (χ2n) is 3.10. The predicted octanol–water partition coefficient (Wildman–Crippen LogP) is 2.75. The Balaban J connectivity index is 2.45. The molecular formula is C10H9Br2N3O. The fourth-order valence-corrected chi connectivity index (χ4v) is 2.31. The Morgan fingerprint density at radius 1 is 1.31 bits per heavy atom. The first-order valence-corrected chi connectivity index (χ1v) is 6.12. The molecule has 1 unspecified atom stereocenters. The molecule has 3 N–H and O–H groups in total. The van der Waals surface area contributed by atoms with Crippen LogP contribution in [0.15, 0.2) is 44.0 Å². The number of nitrogens with zero attached hydrogens (tertiary/aromatic N) is 1. The lowest BCUT2D eigenvalue weighted by Gasteiger charge is -2.14. The van der Waals surface area contributed by atoms with Crippen molar-refractivity contribution in [3.63, 3.8) is 0 Å². The summed E-state index contributed by atoms with van der Waals surface area (Å²) in [6, 6.07) is 5.28. The minimum absolute atomic E-state index is 0.292. The SMILES string of the molecule is NNC(c1ncccc1Br)c1occc1Br. The molecule has 6 heteroatoms. The third-order valence-electron chi connectivity index (χ3n) is 2.13. The first-order chi connectivity index (χ1) is 7.74. The number of nitrogens with one attached hydrogen (secondary N) is 1. The molecule has 0 spiro atoms. The van der Waals surface area contributed by atoms with Gasteiger partial charge in [-0.25, -0.2) is 5.43 Å². The molecule has 0 saturated heterocycles. The maximum atomic E-state index is 5.54. The van der Waals surface area contributed by atoms with Crippen LogP contribution in [0.1, 0.15) is 17.5 Å². The van der Waals surface area contributed by atoms with Crippen LogP contribution in [0.5, 0.6) is 0 Å². The molecule has 84 valence electrons. The van der Waals surface area contributed by atoms with E-state index in [1.54, 1.807) is 12.5 Å². The van der Waals surface area contributed by atoms with Crippen LogP contribution in [0.2, 0.25) is 0 Å². The molecular weight excluding hydrogens is 338 g/mol. The average molecular weight is 347 g/mol. The molecule has 2 heterocycles. The maximum absolute atomic E-state index is 5.54. The van der Waals surface area contributed by atoms with Crippen LogP contribution in [0.25, 0.3) is 0 Å². The smallest absolute Gasteiger partial charge is 0.142 e. The number of furan rings is 1. The van der Waals surface area contributed by atoms with Gasteiger partial charge in [0.1, 0.15) is 11.8 Å². The molecule has 1 atom stereocenters. The molecule has 0 aliphatic carbocycles. The van der Waals surface area contributed by atoms with Crippen molar-refractivity contribution >= 4 is 31.9 Å². The van der Waals surface area contributed by atoms with Crippen LogP contribution >= 0.6 is 31.9 Å². The van der Waals surface area contributed by atoms with E-state index in [4.69, 9.17) is 10.3 Å². The molecule has 0 radical (unpaired) electrons. The van der Waals surface area contributed by atoms with Crippen LogP contribution in [-0.2, 0) is 0 Å². The highest BCUT2D eigenvalue weighted by Crippen LogP contribution is 2.31. The summed E-state index contributed by atoms with van der Waals surface area (Å²) in [5.74, 6) is 6.24. The minimum Gasteiger partial charge on any atom is -0.466 e. The lowest BCUT2D eigenvalue weighted by atomic mass is 10.1. The zero-order chi connectivity index (χ0) is 11.5. The Bertz CT molecular complexity index is 486. The summed E-state index contributed by atoms with van der Waals surface area (Å²) in [5.41, 5.74) is 3.46. The summed E-state index contributed by atoms with van der Waals surface area (Å²) in [4.78, 5) is 4.28. The highest BCUT2D eigenvalue weighted by Gasteiger charge is 2.21. The molecule has 2 rings (SSSR count). The van der Waals surface area contributed by atoms with E-state index in [0.717, 1.165) is 14.6 Å². The normalized spacial score (nSPS) is 12.7. The fraction of sp³-hybridized carbons (Fsp3) is 0.100. The summed E-state index contributed by atoms with van der Waals surface area (Å²) in [5, 5.41) is 0. The second-order valence-corrected chi connectivity index (χ2v) is 4.81. The number of hydrogen-bond acceptors (Lipinski definition) is 4. The van der Waals surface area contributed by atoms with Gasteiger partial charge in [-0.1, -0.05) is 0 Å². The fourth-order valence-electron chi connectivity index (χ4n) is 1.40. The van der Waals surface area contributed by atoms with Crippen LogP contribution in [0, 0.1) is 0 Å². The molecule has 0 aromatic carbocycles. The standard InChI is InChI=1S/C10H9Br2N3O/c11-6-2-1-4-14-8(6)9(15-13)10-7(12)3-5-16-10/h1-5,9,15H,13H2. The summed E-state index contributed by atoms with van der Waals surface area (Å²) >= 11 is 6.83. The van der Waals surface area contributed by atoms with Gasteiger partial charge in [-0.3, -0.25) is 10.8 Å². The van der Waals surface area contributed by atoms with E-state index >= 15 is 0 Å². The van der Waals surface area contributed by atoms with Crippen molar-refractivity contribution in [2.75, 3.05) is 0 Å². The Kier molecular flexibility index (Phi) is 3.75. The number of nitrogens with two attached hydrogens (primary N) is 1. The van der Waals surface area contributed by atoms with Gasteiger partial charge in [0.25, 0.3) is 0 Å². The van der Waals surface area contributed by atoms with Gasteiger partial charge in [-0.2, -0.15) is 0 Å². The van der Waals surface area contributed by atoms with Gasteiger partial charge >= 0.3 is 0 Å². The summed E-state index contributed by atoms with van der Waals surface area (Å²) in [7, 11) is 0. The van der Waals surface area contributed by atoms with E-state index in [2.05, 4.69) is 42.3 Å². The van der Waals surface area contributed by atoms with E-state index in [-0.39, 0.29) is 6.04 Å². The van der Waals surface area contributed by atoms with Gasteiger partial charge in [0.05, 0.1) is 16.4 Å². The number of hydrogen-bond donors (Lipinski definition) is 2. The topological polar surface area (TPSA) is 64.1 Å². The number of halogens is 2. The minimum atomic E-state index is -0.292. The highest BCUT2D eigenvalue weighted by molar-refractivity contribution is 9.10. The number of pyridine rings is 1. The van der Waals surface area contributed by atoms with Gasteiger partial charge in [0.15, 0.2) is 0 Å². The first kappa shape index (κ1) is 11.8. The molecule has 0 aliphatic rings. The van der Waals surface area contributed by atoms with Gasteiger partial charge in [0.2, 0.25) is 0 Å². The van der Waals surface area contributed by atoms with Crippen molar-refractivity contribution in [2.45, 2.75) is 6.04 Å². The van der Waals surface area contributed by atoms with Gasteiger partial charge < -0.3 is 4.42 Å². The molecule has 2 aromatic rings. The molecule has 0 fully saturated rings. The third-order valence-corrected chi connectivity index (χ3v) is 3.46. The first-order valence-electron chi connectivity index (χ1n) is 4.53. The van der Waals surface area contributed by atoms with E-state index in [9.17, 15) is 0 Å². The van der Waals surface area contributed by atoms with Crippen molar-refractivity contribution in [1.29, 1.82) is 0 Å². The van der Waals surface area contributed by atoms with Crippen LogP contribution in [0.3, 0.4) is 0 Å². The van der Waals surface area contributed by atoms with Crippen molar-refractivity contribution in [2.24, 2.45) is 5.84 Å². The Morgan fingerprint density at radius 2 is 2.12 bits per heavy atom. The zero-order valence-electron chi connectivity index (χ0n) is 8.15. The molecule has 0 saturated carbocycles. The van der Waals surface area contributed by atoms with Crippen LogP contribution in [0.4, 0.5) is 0 Å². The van der Waals surface area contributed by atoms with Crippen molar-refractivity contribution < 1.29 is 4.42 Å². The summed E-state index contributed by atoms with van der Waals surface area (Å²) in [6.07, 6.45) is 3.31. The van der Waals surface area contributed by atoms with Crippen molar-refractivity contribution in [1.82, 2.24) is 10.4 Å². The third kappa shape index (κ3) is 2.20. The second kappa shape index (κ2) is 5.09. The quantitative estimate of drug-likeness (QED) is 0.662. The number of aromatic nitrogens is 1. The predicted molar refractivity (Wildman–Crippen MR) is 67.5 cm³/mol. The summed E-state index contributed by atoms with van der Waals surface area (Å²) < 4.78 is 7.11. The van der Waals surface area contributed by atoms with Crippen molar-refractivity contribution in [3.8, 4) is 0 Å². The van der Waals surface area contributed by atoms with E-state index in [1.807, 2.05) is 18.2 Å². The lowest BCUT2D eigenvalue weighted by Crippen LogP contribution is -2.29. The number of rotatable bonds is 3. The van der Waals surface area contributed by atoms with Crippen molar-refractivity contribution in [3.05, 3.63) is 51.1 Å².